The van der Waals surface area contributed by atoms with Gasteiger partial charge in [-0.2, -0.15) is 0 Å². The second-order valence-corrected chi connectivity index (χ2v) is 5.17. The molecule has 2 aliphatic heterocycles. The van der Waals surface area contributed by atoms with Crippen LogP contribution >= 0.6 is 0 Å². The Hall–Kier alpha value is -1.52. The second kappa shape index (κ2) is 6.77. The lowest BCUT2D eigenvalue weighted by molar-refractivity contribution is 0.200. The fourth-order valence-corrected chi connectivity index (χ4v) is 2.65. The lowest BCUT2D eigenvalue weighted by Crippen LogP contribution is -2.43. The van der Waals surface area contributed by atoms with E-state index in [1.54, 1.807) is 0 Å². The summed E-state index contributed by atoms with van der Waals surface area (Å²) in [5, 5.41) is 3.37. The van der Waals surface area contributed by atoms with Gasteiger partial charge in [-0.05, 0) is 24.6 Å². The number of ether oxygens (including phenoxy) is 2. The first-order chi connectivity index (χ1) is 9.93. The van der Waals surface area contributed by atoms with E-state index in [4.69, 9.17) is 9.47 Å². The van der Waals surface area contributed by atoms with Crippen LogP contribution in [0.3, 0.4) is 0 Å². The highest BCUT2D eigenvalue weighted by molar-refractivity contribution is 5.67. The third kappa shape index (κ3) is 3.32. The van der Waals surface area contributed by atoms with E-state index in [2.05, 4.69) is 16.3 Å². The summed E-state index contributed by atoms with van der Waals surface area (Å²) < 4.78 is 11.5. The van der Waals surface area contributed by atoms with Crippen molar-refractivity contribution in [1.29, 1.82) is 0 Å². The number of hydrogen-bond acceptors (Lipinski definition) is 4. The molecule has 0 bridgehead atoms. The van der Waals surface area contributed by atoms with E-state index in [1.165, 1.54) is 0 Å². The topological polar surface area (TPSA) is 33.7 Å². The van der Waals surface area contributed by atoms with Crippen molar-refractivity contribution >= 4 is 5.76 Å². The Morgan fingerprint density at radius 1 is 1.20 bits per heavy atom. The quantitative estimate of drug-likeness (QED) is 0.829. The van der Waals surface area contributed by atoms with Gasteiger partial charge < -0.3 is 19.7 Å². The van der Waals surface area contributed by atoms with Gasteiger partial charge in [0.15, 0.2) is 0 Å². The van der Waals surface area contributed by atoms with Crippen LogP contribution in [0.15, 0.2) is 30.3 Å². The van der Waals surface area contributed by atoms with E-state index < -0.39 is 0 Å². The second-order valence-electron chi connectivity index (χ2n) is 5.17. The van der Waals surface area contributed by atoms with Gasteiger partial charge in [0.1, 0.15) is 18.1 Å². The van der Waals surface area contributed by atoms with Crippen LogP contribution < -0.4 is 10.1 Å². The first-order valence-corrected chi connectivity index (χ1v) is 7.42. The van der Waals surface area contributed by atoms with E-state index in [1.807, 2.05) is 24.3 Å². The van der Waals surface area contributed by atoms with Crippen molar-refractivity contribution in [1.82, 2.24) is 10.2 Å². The third-order valence-electron chi connectivity index (χ3n) is 3.75. The van der Waals surface area contributed by atoms with Crippen LogP contribution in [0.25, 0.3) is 5.76 Å². The minimum Gasteiger partial charge on any atom is -0.493 e. The maximum atomic E-state index is 5.94. The molecule has 2 aliphatic rings. The Morgan fingerprint density at radius 2 is 2.05 bits per heavy atom. The molecular weight excluding hydrogens is 252 g/mol. The lowest BCUT2D eigenvalue weighted by Gasteiger charge is -2.27. The van der Waals surface area contributed by atoms with E-state index in [0.717, 1.165) is 62.8 Å². The standard InChI is InChI=1S/C16H22N2O2/c1-2-5-15-14(4-1)16(6-13-20-15)19-12-3-9-18-10-7-17-8-11-18/h1-2,4-6,17H,3,7-13H2. The zero-order chi connectivity index (χ0) is 13.6. The summed E-state index contributed by atoms with van der Waals surface area (Å²) in [7, 11) is 0. The van der Waals surface area contributed by atoms with Crippen LogP contribution in [0.2, 0.25) is 0 Å². The highest BCUT2D eigenvalue weighted by Gasteiger charge is 2.14. The van der Waals surface area contributed by atoms with E-state index in [-0.39, 0.29) is 0 Å². The molecule has 0 amide bonds. The number of para-hydroxylation sites is 1. The summed E-state index contributed by atoms with van der Waals surface area (Å²) in [5.74, 6) is 1.89. The minimum atomic E-state index is 0.601. The first-order valence-electron chi connectivity index (χ1n) is 7.42. The predicted molar refractivity (Wildman–Crippen MR) is 79.8 cm³/mol. The summed E-state index contributed by atoms with van der Waals surface area (Å²) in [4.78, 5) is 2.49. The molecule has 4 nitrogen and oxygen atoms in total. The maximum absolute atomic E-state index is 5.94. The highest BCUT2D eigenvalue weighted by Crippen LogP contribution is 2.29. The molecule has 0 spiro atoms. The number of nitrogens with zero attached hydrogens (tertiary/aromatic N) is 1. The van der Waals surface area contributed by atoms with Gasteiger partial charge in [0.05, 0.1) is 12.2 Å². The van der Waals surface area contributed by atoms with Crippen LogP contribution in [-0.2, 0) is 4.74 Å². The van der Waals surface area contributed by atoms with E-state index >= 15 is 0 Å². The van der Waals surface area contributed by atoms with Crippen molar-refractivity contribution in [2.75, 3.05) is 45.9 Å². The fraction of sp³-hybridized carbons (Fsp3) is 0.500. The first kappa shape index (κ1) is 13.5. The SMILES string of the molecule is C1=C(OCCCN2CCNCC2)c2ccccc2OC1. The monoisotopic (exact) mass is 274 g/mol. The molecule has 0 aliphatic carbocycles. The molecule has 0 aromatic heterocycles. The highest BCUT2D eigenvalue weighted by atomic mass is 16.5. The number of piperazine rings is 1. The minimum absolute atomic E-state index is 0.601. The molecule has 1 N–H and O–H groups in total. The van der Waals surface area contributed by atoms with Crippen LogP contribution in [-0.4, -0.2) is 50.8 Å². The molecule has 1 fully saturated rings. The van der Waals surface area contributed by atoms with Gasteiger partial charge in [0.25, 0.3) is 0 Å². The van der Waals surface area contributed by atoms with Crippen LogP contribution in [0.1, 0.15) is 12.0 Å². The normalized spacial score (nSPS) is 18.9. The van der Waals surface area contributed by atoms with Gasteiger partial charge in [-0.15, -0.1) is 0 Å². The molecule has 1 aromatic carbocycles. The molecule has 0 saturated carbocycles. The zero-order valence-electron chi connectivity index (χ0n) is 11.8. The van der Waals surface area contributed by atoms with E-state index in [0.29, 0.717) is 6.61 Å². The van der Waals surface area contributed by atoms with Crippen LogP contribution in [0, 0.1) is 0 Å². The van der Waals surface area contributed by atoms with Gasteiger partial charge in [0.2, 0.25) is 0 Å². The average molecular weight is 274 g/mol. The van der Waals surface area contributed by atoms with Crippen molar-refractivity contribution in [3.8, 4) is 5.75 Å². The van der Waals surface area contributed by atoms with Crippen LogP contribution in [0.4, 0.5) is 0 Å². The fourth-order valence-electron chi connectivity index (χ4n) is 2.65. The smallest absolute Gasteiger partial charge is 0.130 e. The molecule has 0 atom stereocenters. The Kier molecular flexibility index (Phi) is 4.56. The zero-order valence-corrected chi connectivity index (χ0v) is 11.8. The molecule has 0 radical (unpaired) electrons. The van der Waals surface area contributed by atoms with E-state index in [9.17, 15) is 0 Å². The molecule has 1 saturated heterocycles. The number of nitrogens with one attached hydrogen (secondary N) is 1. The Labute approximate surface area is 120 Å². The van der Waals surface area contributed by atoms with Gasteiger partial charge in [-0.3, -0.25) is 0 Å². The summed E-state index contributed by atoms with van der Waals surface area (Å²) in [6.45, 7) is 7.01. The summed E-state index contributed by atoms with van der Waals surface area (Å²) in [6, 6.07) is 8.06. The molecule has 0 unspecified atom stereocenters. The van der Waals surface area contributed by atoms with Crippen molar-refractivity contribution in [2.24, 2.45) is 0 Å². The van der Waals surface area contributed by atoms with Gasteiger partial charge >= 0.3 is 0 Å². The van der Waals surface area contributed by atoms with Crippen molar-refractivity contribution in [2.45, 2.75) is 6.42 Å². The van der Waals surface area contributed by atoms with Crippen molar-refractivity contribution in [3.63, 3.8) is 0 Å². The van der Waals surface area contributed by atoms with Gasteiger partial charge in [-0.1, -0.05) is 12.1 Å². The number of hydrogen-bond donors (Lipinski definition) is 1. The lowest BCUT2D eigenvalue weighted by atomic mass is 10.1. The third-order valence-corrected chi connectivity index (χ3v) is 3.75. The molecular formula is C16H22N2O2. The van der Waals surface area contributed by atoms with Crippen molar-refractivity contribution < 1.29 is 9.47 Å². The Bertz CT molecular complexity index is 467. The number of rotatable bonds is 5. The molecule has 4 heteroatoms. The van der Waals surface area contributed by atoms with Gasteiger partial charge in [-0.25, -0.2) is 0 Å². The summed E-state index contributed by atoms with van der Waals surface area (Å²) in [6.07, 6.45) is 3.09. The predicted octanol–water partition coefficient (Wildman–Crippen LogP) is 1.73. The molecule has 2 heterocycles. The Morgan fingerprint density at radius 3 is 2.95 bits per heavy atom. The molecule has 20 heavy (non-hydrogen) atoms. The van der Waals surface area contributed by atoms with Crippen LogP contribution in [0.5, 0.6) is 5.75 Å². The molecule has 1 aromatic rings. The summed E-state index contributed by atoms with van der Waals surface area (Å²) in [5.41, 5.74) is 1.07. The maximum Gasteiger partial charge on any atom is 0.130 e. The largest absolute Gasteiger partial charge is 0.493 e. The number of fused-ring (bicyclic) bond motifs is 1. The summed E-state index contributed by atoms with van der Waals surface area (Å²) >= 11 is 0. The van der Waals surface area contributed by atoms with Crippen molar-refractivity contribution in [3.05, 3.63) is 35.9 Å². The molecule has 3 rings (SSSR count). The Balaban J connectivity index is 1.45. The number of benzene rings is 1. The molecule has 108 valence electrons. The average Bonchev–Trinajstić information content (AvgIpc) is 2.53. The van der Waals surface area contributed by atoms with Gasteiger partial charge in [0, 0.05) is 32.7 Å².